The second-order valence-electron chi connectivity index (χ2n) is 12.9. The maximum absolute atomic E-state index is 10.3. The summed E-state index contributed by atoms with van der Waals surface area (Å²) < 4.78 is 9.50. The SMILES string of the molecule is CC1Cc2c(n(-c3ccccc3)c3ccccc23)C2(CCC(c3ccccc3)(N(C)C)CC2)O1.O=C(O)CC(O)(CC(=O)O)C(=O)O. The van der Waals surface area contributed by atoms with E-state index in [0.717, 1.165) is 32.1 Å². The molecule has 47 heavy (non-hydrogen) atoms. The van der Waals surface area contributed by atoms with Gasteiger partial charge >= 0.3 is 17.9 Å². The number of ether oxygens (including phenoxy) is 1. The van der Waals surface area contributed by atoms with Gasteiger partial charge in [-0.05, 0) is 76.0 Å². The van der Waals surface area contributed by atoms with Crippen LogP contribution in [0.15, 0.2) is 84.9 Å². The van der Waals surface area contributed by atoms with E-state index < -0.39 is 36.4 Å². The van der Waals surface area contributed by atoms with E-state index in [0.29, 0.717) is 0 Å². The Bertz CT molecular complexity index is 1720. The molecule has 2 heterocycles. The van der Waals surface area contributed by atoms with E-state index in [-0.39, 0.29) is 17.2 Å². The predicted octanol–water partition coefficient (Wildman–Crippen LogP) is 5.57. The Balaban J connectivity index is 0.000000285. The first-order valence-electron chi connectivity index (χ1n) is 15.8. The highest BCUT2D eigenvalue weighted by molar-refractivity contribution is 5.89. The lowest BCUT2D eigenvalue weighted by Crippen LogP contribution is -2.51. The number of hydrogen-bond acceptors (Lipinski definition) is 6. The summed E-state index contributed by atoms with van der Waals surface area (Å²) in [7, 11) is 4.48. The van der Waals surface area contributed by atoms with Crippen molar-refractivity contribution in [3.05, 3.63) is 102 Å². The van der Waals surface area contributed by atoms with E-state index >= 15 is 0 Å². The average molecular weight is 643 g/mol. The number of carboxylic acid groups (broad SMARTS) is 3. The molecule has 0 amide bonds. The van der Waals surface area contributed by atoms with Gasteiger partial charge < -0.3 is 29.7 Å². The monoisotopic (exact) mass is 642 g/mol. The molecule has 0 radical (unpaired) electrons. The molecule has 6 rings (SSSR count). The van der Waals surface area contributed by atoms with Gasteiger partial charge in [-0.3, -0.25) is 14.5 Å². The number of hydrogen-bond donors (Lipinski definition) is 4. The minimum Gasteiger partial charge on any atom is -0.481 e. The number of para-hydroxylation sites is 2. The Morgan fingerprint density at radius 2 is 1.36 bits per heavy atom. The molecular weight excluding hydrogens is 600 g/mol. The number of aliphatic hydroxyl groups is 1. The molecule has 0 saturated heterocycles. The number of rotatable bonds is 8. The van der Waals surface area contributed by atoms with Crippen molar-refractivity contribution >= 4 is 28.8 Å². The lowest BCUT2D eigenvalue weighted by atomic mass is 9.67. The molecule has 1 saturated carbocycles. The van der Waals surface area contributed by atoms with Crippen LogP contribution in [0.2, 0.25) is 0 Å². The normalized spacial score (nSPS) is 22.4. The van der Waals surface area contributed by atoms with Crippen LogP contribution in [-0.4, -0.2) is 73.6 Å². The lowest BCUT2D eigenvalue weighted by molar-refractivity contribution is -0.170. The van der Waals surface area contributed by atoms with Crippen LogP contribution in [0.4, 0.5) is 0 Å². The van der Waals surface area contributed by atoms with Gasteiger partial charge in [0.1, 0.15) is 5.60 Å². The van der Waals surface area contributed by atoms with Crippen molar-refractivity contribution in [3.8, 4) is 5.69 Å². The van der Waals surface area contributed by atoms with Gasteiger partial charge in [0.2, 0.25) is 0 Å². The highest BCUT2D eigenvalue weighted by Gasteiger charge is 2.51. The van der Waals surface area contributed by atoms with Gasteiger partial charge in [0.15, 0.2) is 5.60 Å². The van der Waals surface area contributed by atoms with Crippen LogP contribution in [-0.2, 0) is 36.7 Å². The van der Waals surface area contributed by atoms with Gasteiger partial charge in [-0.1, -0.05) is 66.7 Å². The Hall–Kier alpha value is -4.51. The van der Waals surface area contributed by atoms with Crippen molar-refractivity contribution in [1.82, 2.24) is 9.47 Å². The summed E-state index contributed by atoms with van der Waals surface area (Å²) in [5.74, 6) is -5.02. The molecule has 1 spiro atoms. The summed E-state index contributed by atoms with van der Waals surface area (Å²) in [6, 6.07) is 30.8. The molecule has 1 atom stereocenters. The second-order valence-corrected chi connectivity index (χ2v) is 12.9. The molecular formula is C37H42N2O8. The fourth-order valence-corrected chi connectivity index (χ4v) is 7.49. The molecule has 0 bridgehead atoms. The number of aromatic nitrogens is 1. The molecule has 10 heteroatoms. The molecule has 1 aliphatic carbocycles. The quantitative estimate of drug-likeness (QED) is 0.194. The molecule has 1 aliphatic heterocycles. The van der Waals surface area contributed by atoms with Crippen molar-refractivity contribution in [2.45, 2.75) is 74.7 Å². The largest absolute Gasteiger partial charge is 0.481 e. The number of fused-ring (bicyclic) bond motifs is 4. The van der Waals surface area contributed by atoms with E-state index in [2.05, 4.69) is 115 Å². The zero-order valence-corrected chi connectivity index (χ0v) is 26.9. The van der Waals surface area contributed by atoms with Crippen LogP contribution in [0.5, 0.6) is 0 Å². The highest BCUT2D eigenvalue weighted by atomic mass is 16.5. The summed E-state index contributed by atoms with van der Waals surface area (Å²) in [5, 5.41) is 35.2. The summed E-state index contributed by atoms with van der Waals surface area (Å²) >= 11 is 0. The van der Waals surface area contributed by atoms with Crippen molar-refractivity contribution in [2.24, 2.45) is 0 Å². The van der Waals surface area contributed by atoms with E-state index in [1.807, 2.05) is 0 Å². The van der Waals surface area contributed by atoms with Gasteiger partial charge in [-0.15, -0.1) is 0 Å². The Morgan fingerprint density at radius 1 is 0.830 bits per heavy atom. The van der Waals surface area contributed by atoms with Crippen molar-refractivity contribution in [3.63, 3.8) is 0 Å². The number of carboxylic acids is 3. The number of carbonyl (C=O) groups is 3. The van der Waals surface area contributed by atoms with Crippen LogP contribution in [0.25, 0.3) is 16.6 Å². The van der Waals surface area contributed by atoms with E-state index in [1.165, 1.54) is 33.4 Å². The predicted molar refractivity (Wildman–Crippen MR) is 177 cm³/mol. The van der Waals surface area contributed by atoms with Crippen LogP contribution in [0.1, 0.15) is 62.3 Å². The maximum atomic E-state index is 10.3. The van der Waals surface area contributed by atoms with Gasteiger partial charge in [-0.25, -0.2) is 4.79 Å². The molecule has 3 aromatic carbocycles. The minimum absolute atomic E-state index is 0.0420. The van der Waals surface area contributed by atoms with E-state index in [9.17, 15) is 14.4 Å². The van der Waals surface area contributed by atoms with E-state index in [1.54, 1.807) is 0 Å². The third-order valence-electron chi connectivity index (χ3n) is 9.68. The maximum Gasteiger partial charge on any atom is 0.336 e. The van der Waals surface area contributed by atoms with E-state index in [4.69, 9.17) is 25.2 Å². The lowest BCUT2D eigenvalue weighted by Gasteiger charge is -2.52. The summed E-state index contributed by atoms with van der Waals surface area (Å²) in [4.78, 5) is 32.9. The first-order valence-corrected chi connectivity index (χ1v) is 15.8. The highest BCUT2D eigenvalue weighted by Crippen LogP contribution is 2.54. The fourth-order valence-electron chi connectivity index (χ4n) is 7.49. The first-order chi connectivity index (χ1) is 22.3. The van der Waals surface area contributed by atoms with Crippen LogP contribution < -0.4 is 0 Å². The van der Waals surface area contributed by atoms with Gasteiger partial charge in [0.25, 0.3) is 0 Å². The number of benzene rings is 3. The molecule has 2 aliphatic rings. The number of nitrogens with zero attached hydrogens (tertiary/aromatic N) is 2. The third kappa shape index (κ3) is 6.54. The first kappa shape index (κ1) is 33.8. The molecule has 1 fully saturated rings. The van der Waals surface area contributed by atoms with Gasteiger partial charge in [0.05, 0.1) is 30.2 Å². The molecule has 1 aromatic heterocycles. The molecule has 248 valence electrons. The van der Waals surface area contributed by atoms with Crippen LogP contribution in [0, 0.1) is 0 Å². The minimum atomic E-state index is -2.74. The number of aliphatic carboxylic acids is 3. The summed E-state index contributed by atoms with van der Waals surface area (Å²) in [6.45, 7) is 2.25. The van der Waals surface area contributed by atoms with Crippen LogP contribution >= 0.6 is 0 Å². The molecule has 10 nitrogen and oxygen atoms in total. The summed E-state index contributed by atoms with van der Waals surface area (Å²) in [5.41, 5.74) is 3.85. The van der Waals surface area contributed by atoms with Gasteiger partial charge in [0, 0.05) is 23.0 Å². The average Bonchev–Trinajstić information content (AvgIpc) is 3.37. The fraction of sp³-hybridized carbons (Fsp3) is 0.378. The van der Waals surface area contributed by atoms with Crippen molar-refractivity contribution in [1.29, 1.82) is 0 Å². The Morgan fingerprint density at radius 3 is 1.89 bits per heavy atom. The third-order valence-corrected chi connectivity index (χ3v) is 9.68. The topological polar surface area (TPSA) is 150 Å². The zero-order chi connectivity index (χ0) is 34.0. The summed E-state index contributed by atoms with van der Waals surface area (Å²) in [6.07, 6.45) is 3.07. The molecule has 4 aromatic rings. The Labute approximate surface area is 273 Å². The van der Waals surface area contributed by atoms with Gasteiger partial charge in [-0.2, -0.15) is 0 Å². The zero-order valence-electron chi connectivity index (χ0n) is 26.9. The van der Waals surface area contributed by atoms with Crippen LogP contribution in [0.3, 0.4) is 0 Å². The second kappa shape index (κ2) is 13.3. The van der Waals surface area contributed by atoms with Crippen molar-refractivity contribution in [2.75, 3.05) is 14.1 Å². The molecule has 4 N–H and O–H groups in total. The molecule has 1 unspecified atom stereocenters. The van der Waals surface area contributed by atoms with Crippen molar-refractivity contribution < 1.29 is 39.5 Å². The standard InChI is InChI=1S/C31H34N2O.C6H8O7/c1-23-22-27-26-16-10-11-17-28(26)33(25-14-8-5-9-15-25)29(27)31(34-23)20-18-30(19-21-31,32(2)3)24-12-6-4-7-13-24;7-3(8)1-6(13,5(11)12)2-4(9)10/h4-17,23H,18-22H2,1-3H3;13H,1-2H2,(H,7,8)(H,9,10)(H,11,12). The Kier molecular flexibility index (Phi) is 9.58. The smallest absolute Gasteiger partial charge is 0.336 e.